The van der Waals surface area contributed by atoms with Crippen LogP contribution in [0.25, 0.3) is 21.8 Å². The Bertz CT molecular complexity index is 1280. The van der Waals surface area contributed by atoms with Crippen molar-refractivity contribution in [2.75, 3.05) is 23.3 Å². The fraction of sp³-hybridized carbons (Fsp3) is 0.259. The molecule has 3 aromatic carbocycles. The van der Waals surface area contributed by atoms with Crippen LogP contribution in [0.1, 0.15) is 30.1 Å². The minimum Gasteiger partial charge on any atom is -0.371 e. The van der Waals surface area contributed by atoms with Crippen LogP contribution < -0.4 is 10.2 Å². The Morgan fingerprint density at radius 3 is 2.41 bits per heavy atom. The smallest absolute Gasteiger partial charge is 0.227 e. The highest BCUT2D eigenvalue weighted by atomic mass is 16.1. The number of aryl methyl sites for hydroxylation is 1. The lowest BCUT2D eigenvalue weighted by atomic mass is 9.95. The van der Waals surface area contributed by atoms with Gasteiger partial charge in [0.15, 0.2) is 0 Å². The van der Waals surface area contributed by atoms with Gasteiger partial charge in [-0.05, 0) is 68.3 Å². The van der Waals surface area contributed by atoms with E-state index in [2.05, 4.69) is 58.1 Å². The summed E-state index contributed by atoms with van der Waals surface area (Å²) < 4.78 is 2.31. The zero-order valence-electron chi connectivity index (χ0n) is 18.3. The second-order valence-corrected chi connectivity index (χ2v) is 8.45. The summed E-state index contributed by atoms with van der Waals surface area (Å²) in [5.74, 6) is 0.104. The van der Waals surface area contributed by atoms with Crippen LogP contribution in [-0.4, -0.2) is 29.8 Å². The van der Waals surface area contributed by atoms with Crippen molar-refractivity contribution in [3.63, 3.8) is 0 Å². The number of carbonyl (C=O) groups is 2. The third-order valence-electron chi connectivity index (χ3n) is 6.62. The van der Waals surface area contributed by atoms with Gasteiger partial charge in [0.2, 0.25) is 5.91 Å². The second kappa shape index (κ2) is 8.50. The van der Waals surface area contributed by atoms with E-state index in [1.54, 1.807) is 0 Å². The van der Waals surface area contributed by atoms with Crippen LogP contribution in [0.3, 0.4) is 0 Å². The first-order valence-electron chi connectivity index (χ1n) is 11.3. The van der Waals surface area contributed by atoms with E-state index >= 15 is 0 Å². The number of carbonyl (C=O) groups excluding carboxylic acids is 2. The van der Waals surface area contributed by atoms with Crippen LogP contribution in [0.5, 0.6) is 0 Å². The lowest BCUT2D eigenvalue weighted by Crippen LogP contribution is -2.38. The zero-order valence-corrected chi connectivity index (χ0v) is 18.3. The lowest BCUT2D eigenvalue weighted by molar-refractivity contribution is -0.120. The topological polar surface area (TPSA) is 54.3 Å². The van der Waals surface area contributed by atoms with E-state index in [4.69, 9.17) is 0 Å². The third kappa shape index (κ3) is 3.64. The predicted octanol–water partition coefficient (Wildman–Crippen LogP) is 5.48. The minimum absolute atomic E-state index is 0.00757. The van der Waals surface area contributed by atoms with Crippen molar-refractivity contribution in [1.82, 2.24) is 4.57 Å². The first-order valence-corrected chi connectivity index (χ1v) is 11.3. The van der Waals surface area contributed by atoms with Gasteiger partial charge in [-0.3, -0.25) is 9.59 Å². The number of aromatic nitrogens is 1. The fourth-order valence-electron chi connectivity index (χ4n) is 4.88. The lowest BCUT2D eigenvalue weighted by Gasteiger charge is -2.33. The average Bonchev–Trinajstić information content (AvgIpc) is 3.17. The largest absolute Gasteiger partial charge is 0.371 e. The molecule has 1 saturated heterocycles. The fourth-order valence-corrected chi connectivity index (χ4v) is 4.88. The van der Waals surface area contributed by atoms with Crippen LogP contribution in [0.2, 0.25) is 0 Å². The van der Waals surface area contributed by atoms with Gasteiger partial charge in [-0.15, -0.1) is 0 Å². The van der Waals surface area contributed by atoms with Crippen LogP contribution in [0.4, 0.5) is 11.4 Å². The molecule has 0 spiro atoms. The monoisotopic (exact) mass is 425 g/mol. The maximum absolute atomic E-state index is 13.0. The van der Waals surface area contributed by atoms with E-state index in [1.807, 2.05) is 30.3 Å². The van der Waals surface area contributed by atoms with Gasteiger partial charge in [-0.2, -0.15) is 0 Å². The minimum atomic E-state index is 0.00757. The van der Waals surface area contributed by atoms with Gasteiger partial charge in [0.05, 0.1) is 0 Å². The Morgan fingerprint density at radius 1 is 0.969 bits per heavy atom. The zero-order chi connectivity index (χ0) is 22.1. The number of nitrogens with one attached hydrogen (secondary N) is 1. The van der Waals surface area contributed by atoms with Gasteiger partial charge in [-0.25, -0.2) is 0 Å². The molecule has 5 heteroatoms. The second-order valence-electron chi connectivity index (χ2n) is 8.45. The SMILES string of the molecule is CCn1c2ccccc2c2cc(NC(=O)C3CCN(c4ccc(C=O)cc4)CC3)ccc21. The van der Waals surface area contributed by atoms with Crippen molar-refractivity contribution >= 4 is 45.4 Å². The molecule has 1 amide bonds. The number of rotatable bonds is 5. The Kier molecular flexibility index (Phi) is 5.39. The number of fused-ring (bicyclic) bond motifs is 3. The molecule has 4 aromatic rings. The molecule has 0 atom stereocenters. The van der Waals surface area contributed by atoms with E-state index in [0.29, 0.717) is 5.56 Å². The molecule has 0 radical (unpaired) electrons. The van der Waals surface area contributed by atoms with E-state index in [9.17, 15) is 9.59 Å². The standard InChI is InChI=1S/C27H27N3O2/c1-2-30-25-6-4-3-5-23(25)24-17-21(9-12-26(24)30)28-27(32)20-13-15-29(16-14-20)22-10-7-19(18-31)8-11-22/h3-12,17-18,20H,2,13-16H2,1H3,(H,28,32). The van der Waals surface area contributed by atoms with Gasteiger partial charge in [0, 0.05) is 64.3 Å². The molecule has 1 N–H and O–H groups in total. The van der Waals surface area contributed by atoms with Crippen molar-refractivity contribution in [2.24, 2.45) is 5.92 Å². The highest BCUT2D eigenvalue weighted by molar-refractivity contribution is 6.09. The highest BCUT2D eigenvalue weighted by Gasteiger charge is 2.25. The summed E-state index contributed by atoms with van der Waals surface area (Å²) >= 11 is 0. The van der Waals surface area contributed by atoms with Crippen molar-refractivity contribution in [3.05, 3.63) is 72.3 Å². The molecular formula is C27H27N3O2. The van der Waals surface area contributed by atoms with E-state index in [-0.39, 0.29) is 11.8 Å². The predicted molar refractivity (Wildman–Crippen MR) is 131 cm³/mol. The first-order chi connectivity index (χ1) is 15.7. The Morgan fingerprint density at radius 2 is 1.69 bits per heavy atom. The maximum Gasteiger partial charge on any atom is 0.227 e. The molecule has 0 aliphatic carbocycles. The van der Waals surface area contributed by atoms with Crippen molar-refractivity contribution in [2.45, 2.75) is 26.3 Å². The summed E-state index contributed by atoms with van der Waals surface area (Å²) in [7, 11) is 0. The third-order valence-corrected chi connectivity index (χ3v) is 6.62. The number of amides is 1. The Labute approximate surface area is 187 Å². The van der Waals surface area contributed by atoms with Gasteiger partial charge in [-0.1, -0.05) is 18.2 Å². The summed E-state index contributed by atoms with van der Waals surface area (Å²) in [6, 6.07) is 22.3. The van der Waals surface area contributed by atoms with Gasteiger partial charge >= 0.3 is 0 Å². The Hall–Kier alpha value is -3.60. The summed E-state index contributed by atoms with van der Waals surface area (Å²) in [5, 5.41) is 5.55. The number of benzene rings is 3. The van der Waals surface area contributed by atoms with E-state index < -0.39 is 0 Å². The van der Waals surface area contributed by atoms with Crippen LogP contribution in [0, 0.1) is 5.92 Å². The number of hydrogen-bond acceptors (Lipinski definition) is 3. The maximum atomic E-state index is 13.0. The average molecular weight is 426 g/mol. The summed E-state index contributed by atoms with van der Waals surface area (Å²) in [4.78, 5) is 26.1. The molecule has 1 fully saturated rings. The molecule has 1 aliphatic rings. The summed E-state index contributed by atoms with van der Waals surface area (Å²) in [6.07, 6.45) is 2.50. The van der Waals surface area contributed by atoms with E-state index in [1.165, 1.54) is 21.8 Å². The molecule has 0 unspecified atom stereocenters. The molecule has 5 rings (SSSR count). The quantitative estimate of drug-likeness (QED) is 0.431. The number of aldehydes is 1. The van der Waals surface area contributed by atoms with Gasteiger partial charge < -0.3 is 14.8 Å². The molecule has 1 aromatic heterocycles. The molecule has 0 saturated carbocycles. The number of para-hydroxylation sites is 1. The molecule has 5 nitrogen and oxygen atoms in total. The Balaban J connectivity index is 1.29. The van der Waals surface area contributed by atoms with Gasteiger partial charge in [0.1, 0.15) is 6.29 Å². The van der Waals surface area contributed by atoms with Crippen LogP contribution in [0.15, 0.2) is 66.7 Å². The number of hydrogen-bond donors (Lipinski definition) is 1. The molecule has 32 heavy (non-hydrogen) atoms. The van der Waals surface area contributed by atoms with E-state index in [0.717, 1.165) is 50.1 Å². The van der Waals surface area contributed by atoms with Crippen molar-refractivity contribution in [1.29, 1.82) is 0 Å². The number of anilines is 2. The van der Waals surface area contributed by atoms with Crippen LogP contribution >= 0.6 is 0 Å². The molecule has 0 bridgehead atoms. The number of nitrogens with zero attached hydrogens (tertiary/aromatic N) is 2. The van der Waals surface area contributed by atoms with Crippen molar-refractivity contribution in [3.8, 4) is 0 Å². The number of piperidine rings is 1. The highest BCUT2D eigenvalue weighted by Crippen LogP contribution is 2.31. The normalized spacial score (nSPS) is 14.7. The molecular weight excluding hydrogens is 398 g/mol. The molecule has 1 aliphatic heterocycles. The molecule has 2 heterocycles. The molecule has 162 valence electrons. The van der Waals surface area contributed by atoms with Gasteiger partial charge in [0.25, 0.3) is 0 Å². The first kappa shape index (κ1) is 20.3. The summed E-state index contributed by atoms with van der Waals surface area (Å²) in [6.45, 7) is 4.74. The van der Waals surface area contributed by atoms with Crippen LogP contribution in [-0.2, 0) is 11.3 Å². The summed E-state index contributed by atoms with van der Waals surface area (Å²) in [5.41, 5.74) is 5.06. The van der Waals surface area contributed by atoms with Crippen molar-refractivity contribution < 1.29 is 9.59 Å².